The van der Waals surface area contributed by atoms with Crippen LogP contribution in [-0.4, -0.2) is 71.9 Å². The largest absolute Gasteiger partial charge is 0.504 e. The van der Waals surface area contributed by atoms with Crippen molar-refractivity contribution in [3.05, 3.63) is 59.4 Å². The summed E-state index contributed by atoms with van der Waals surface area (Å²) in [6, 6.07) is 13.0. The number of nitrogens with zero attached hydrogens (tertiary/aromatic N) is 3. The number of piperidine rings is 1. The molecule has 1 N–H and O–H groups in total. The third-order valence-electron chi connectivity index (χ3n) is 8.35. The predicted octanol–water partition coefficient (Wildman–Crippen LogP) is 6.12. The molecule has 2 aliphatic rings. The van der Waals surface area contributed by atoms with Crippen molar-refractivity contribution in [2.45, 2.75) is 64.1 Å². The van der Waals surface area contributed by atoms with Crippen molar-refractivity contribution in [1.82, 2.24) is 9.80 Å². The van der Waals surface area contributed by atoms with E-state index in [4.69, 9.17) is 11.3 Å². The maximum Gasteiger partial charge on any atom is 0.254 e. The molecule has 0 unspecified atom stereocenters. The Morgan fingerprint density at radius 3 is 2.39 bits per heavy atom. The first-order chi connectivity index (χ1) is 18.4. The maximum atomic E-state index is 14.8. The first-order valence-corrected chi connectivity index (χ1v) is 14.0. The smallest absolute Gasteiger partial charge is 0.254 e. The van der Waals surface area contributed by atoms with Gasteiger partial charge in [-0.3, -0.25) is 4.79 Å². The van der Waals surface area contributed by atoms with Crippen LogP contribution in [0.3, 0.4) is 0 Å². The Morgan fingerprint density at radius 2 is 1.76 bits per heavy atom. The van der Waals surface area contributed by atoms with Crippen molar-refractivity contribution in [2.24, 2.45) is 5.92 Å². The zero-order chi connectivity index (χ0) is 27.1. The van der Waals surface area contributed by atoms with Crippen molar-refractivity contribution in [2.75, 3.05) is 39.4 Å². The van der Waals surface area contributed by atoms with Crippen LogP contribution in [0.1, 0.15) is 62.7 Å². The fourth-order valence-corrected chi connectivity index (χ4v) is 5.56. The average Bonchev–Trinajstić information content (AvgIpc) is 3.45. The number of amides is 1. The first-order valence-electron chi connectivity index (χ1n) is 14.0. The molecule has 1 atom stereocenters. The Hall–Kier alpha value is -2.95. The Balaban J connectivity index is 1.33. The monoisotopic (exact) mass is 521 g/mol. The molecule has 2 fully saturated rings. The van der Waals surface area contributed by atoms with Gasteiger partial charge in [0, 0.05) is 18.7 Å². The summed E-state index contributed by atoms with van der Waals surface area (Å²) in [5.41, 5.74) is 1.80. The molecule has 0 aromatic heterocycles. The number of rotatable bonds is 10. The van der Waals surface area contributed by atoms with Crippen molar-refractivity contribution >= 4 is 11.6 Å². The zero-order valence-electron chi connectivity index (χ0n) is 22.7. The highest BCUT2D eigenvalue weighted by Gasteiger charge is 2.31. The summed E-state index contributed by atoms with van der Waals surface area (Å²) in [6.07, 6.45) is 4.79. The van der Waals surface area contributed by atoms with Crippen LogP contribution in [0, 0.1) is 12.5 Å². The van der Waals surface area contributed by atoms with Gasteiger partial charge >= 0.3 is 0 Å². The number of hydrogen-bond donors (Lipinski definition) is 1. The molecule has 7 heteroatoms. The third kappa shape index (κ3) is 6.54. The standard InChI is InChI=1S/C31H40FN3O3/c1-4-31(32,5-2)22-34-17-14-23(15-18-34)21-38-29-13-12-26(19-28(29)33-3)24-8-10-25(11-9-24)30(37)35-16-6-7-27(35)20-36/h8-13,19,23,27,36H,4-7,14-18,20-22H2,1-2H3/t27-/m1/s1. The van der Waals surface area contributed by atoms with E-state index in [1.165, 1.54) is 0 Å². The number of aliphatic hydroxyl groups excluding tert-OH is 1. The Morgan fingerprint density at radius 1 is 1.08 bits per heavy atom. The lowest BCUT2D eigenvalue weighted by atomic mass is 9.94. The summed E-state index contributed by atoms with van der Waals surface area (Å²) in [7, 11) is 0. The number of aliphatic hydroxyl groups is 1. The van der Waals surface area contributed by atoms with Gasteiger partial charge in [0.15, 0.2) is 0 Å². The second-order valence-electron chi connectivity index (χ2n) is 10.7. The highest BCUT2D eigenvalue weighted by atomic mass is 19.1. The minimum absolute atomic E-state index is 0.00543. The summed E-state index contributed by atoms with van der Waals surface area (Å²) in [4.78, 5) is 20.5. The van der Waals surface area contributed by atoms with E-state index in [1.54, 1.807) is 4.90 Å². The van der Waals surface area contributed by atoms with E-state index in [2.05, 4.69) is 9.74 Å². The van der Waals surface area contributed by atoms with E-state index in [-0.39, 0.29) is 18.6 Å². The molecule has 0 saturated carbocycles. The van der Waals surface area contributed by atoms with E-state index < -0.39 is 5.67 Å². The molecule has 2 aromatic rings. The molecule has 38 heavy (non-hydrogen) atoms. The topological polar surface area (TPSA) is 57.4 Å². The van der Waals surface area contributed by atoms with Gasteiger partial charge in [0.1, 0.15) is 11.4 Å². The van der Waals surface area contributed by atoms with Gasteiger partial charge in [0.2, 0.25) is 5.69 Å². The van der Waals surface area contributed by atoms with E-state index in [0.717, 1.165) is 49.9 Å². The van der Waals surface area contributed by atoms with Crippen LogP contribution in [0.25, 0.3) is 16.0 Å². The molecule has 1 amide bonds. The fraction of sp³-hybridized carbons (Fsp3) is 0.548. The van der Waals surface area contributed by atoms with Gasteiger partial charge in [-0.15, -0.1) is 0 Å². The lowest BCUT2D eigenvalue weighted by Gasteiger charge is -2.36. The molecule has 2 aromatic carbocycles. The van der Waals surface area contributed by atoms with E-state index >= 15 is 0 Å². The van der Waals surface area contributed by atoms with Crippen LogP contribution in [-0.2, 0) is 0 Å². The summed E-state index contributed by atoms with van der Waals surface area (Å²) in [5.74, 6) is 0.930. The number of carbonyl (C=O) groups is 1. The zero-order valence-corrected chi connectivity index (χ0v) is 22.7. The van der Waals surface area contributed by atoms with E-state index in [1.807, 2.05) is 56.3 Å². The number of ether oxygens (including phenoxy) is 1. The number of benzene rings is 2. The second-order valence-corrected chi connectivity index (χ2v) is 10.7. The molecular formula is C31H40FN3O3. The van der Waals surface area contributed by atoms with E-state index in [0.29, 0.717) is 55.5 Å². The Kier molecular flexibility index (Phi) is 9.40. The molecule has 6 nitrogen and oxygen atoms in total. The number of hydrogen-bond acceptors (Lipinski definition) is 4. The van der Waals surface area contributed by atoms with Crippen molar-refractivity contribution in [3.8, 4) is 16.9 Å². The number of alkyl halides is 1. The van der Waals surface area contributed by atoms with E-state index in [9.17, 15) is 14.3 Å². The predicted molar refractivity (Wildman–Crippen MR) is 148 cm³/mol. The quantitative estimate of drug-likeness (QED) is 0.383. The number of carbonyl (C=O) groups excluding carboxylic acids is 1. The van der Waals surface area contributed by atoms with Crippen molar-refractivity contribution in [3.63, 3.8) is 0 Å². The molecule has 0 radical (unpaired) electrons. The van der Waals surface area contributed by atoms with Crippen LogP contribution in [0.2, 0.25) is 0 Å². The average molecular weight is 522 g/mol. The molecule has 2 saturated heterocycles. The highest BCUT2D eigenvalue weighted by Crippen LogP contribution is 2.34. The lowest BCUT2D eigenvalue weighted by molar-refractivity contribution is 0.0569. The molecule has 2 heterocycles. The summed E-state index contributed by atoms with van der Waals surface area (Å²) in [5, 5.41) is 9.53. The van der Waals surface area contributed by atoms with Gasteiger partial charge < -0.3 is 19.6 Å². The van der Waals surface area contributed by atoms with Crippen LogP contribution in [0.4, 0.5) is 10.1 Å². The SMILES string of the molecule is [C-]#[N+]c1cc(-c2ccc(C(=O)N3CCC[C@@H]3CO)cc2)ccc1OCC1CCN(CC(F)(CC)CC)CC1. The van der Waals surface area contributed by atoms with Gasteiger partial charge in [-0.1, -0.05) is 32.0 Å². The van der Waals surface area contributed by atoms with Crippen LogP contribution in [0.15, 0.2) is 42.5 Å². The van der Waals surface area contributed by atoms with Crippen molar-refractivity contribution in [1.29, 1.82) is 0 Å². The van der Waals surface area contributed by atoms with Gasteiger partial charge in [-0.2, -0.15) is 0 Å². The molecule has 2 aliphatic heterocycles. The molecule has 0 aliphatic carbocycles. The molecular weight excluding hydrogens is 481 g/mol. The number of likely N-dealkylation sites (tertiary alicyclic amines) is 2. The molecule has 0 bridgehead atoms. The lowest BCUT2D eigenvalue weighted by Crippen LogP contribution is -2.44. The highest BCUT2D eigenvalue weighted by molar-refractivity contribution is 5.95. The Bertz CT molecular complexity index is 1120. The molecule has 204 valence electrons. The third-order valence-corrected chi connectivity index (χ3v) is 8.35. The molecule has 4 rings (SSSR count). The Labute approximate surface area is 226 Å². The second kappa shape index (κ2) is 12.7. The minimum atomic E-state index is -1.09. The van der Waals surface area contributed by atoms with Crippen LogP contribution in [0.5, 0.6) is 5.75 Å². The fourth-order valence-electron chi connectivity index (χ4n) is 5.56. The van der Waals surface area contributed by atoms with Gasteiger partial charge in [0.05, 0.1) is 25.8 Å². The first kappa shape index (κ1) is 28.1. The maximum absolute atomic E-state index is 14.8. The van der Waals surface area contributed by atoms with Gasteiger partial charge in [0.25, 0.3) is 5.91 Å². The minimum Gasteiger partial charge on any atom is -0.504 e. The molecule has 0 spiro atoms. The summed E-state index contributed by atoms with van der Waals surface area (Å²) in [6.45, 7) is 15.0. The summed E-state index contributed by atoms with van der Waals surface area (Å²) < 4.78 is 20.9. The number of halogens is 1. The van der Waals surface area contributed by atoms with Gasteiger partial charge in [-0.05, 0) is 92.9 Å². The van der Waals surface area contributed by atoms with Crippen molar-refractivity contribution < 1.29 is 19.0 Å². The van der Waals surface area contributed by atoms with Crippen LogP contribution >= 0.6 is 0 Å². The van der Waals surface area contributed by atoms with Crippen LogP contribution < -0.4 is 4.74 Å². The van der Waals surface area contributed by atoms with Gasteiger partial charge in [-0.25, -0.2) is 9.24 Å². The normalized spacial score (nSPS) is 18.9. The summed E-state index contributed by atoms with van der Waals surface area (Å²) >= 11 is 0.